The minimum atomic E-state index is 0.357. The molecule has 0 fully saturated rings. The van der Waals surface area contributed by atoms with Gasteiger partial charge in [0.25, 0.3) is 0 Å². The monoisotopic (exact) mass is 415 g/mol. The lowest BCUT2D eigenvalue weighted by atomic mass is 9.99. The van der Waals surface area contributed by atoms with Crippen LogP contribution in [0.2, 0.25) is 0 Å². The fourth-order valence-corrected chi connectivity index (χ4v) is 4.15. The van der Waals surface area contributed by atoms with Gasteiger partial charge in [-0.25, -0.2) is 0 Å². The van der Waals surface area contributed by atoms with E-state index in [4.69, 9.17) is 0 Å². The zero-order valence-electron chi connectivity index (χ0n) is 11.9. The van der Waals surface area contributed by atoms with Gasteiger partial charge in [0.05, 0.1) is 3.79 Å². The van der Waals surface area contributed by atoms with E-state index in [0.29, 0.717) is 12.0 Å². The van der Waals surface area contributed by atoms with Crippen molar-refractivity contribution in [2.24, 2.45) is 0 Å². The van der Waals surface area contributed by atoms with E-state index in [-0.39, 0.29) is 0 Å². The minimum absolute atomic E-state index is 0.357. The van der Waals surface area contributed by atoms with Gasteiger partial charge in [-0.15, -0.1) is 11.3 Å². The van der Waals surface area contributed by atoms with Crippen LogP contribution >= 0.6 is 43.2 Å². The Bertz CT molecular complexity index is 541. The largest absolute Gasteiger partial charge is 0.305 e. The standard InChI is InChI=1S/C16H19Br2NS/c1-10(2)12-4-6-13(7-5-12)11(3)19-9-14-8-15(17)16(18)20-14/h4-8,10-11,19H,9H2,1-3H3. The van der Waals surface area contributed by atoms with E-state index in [1.54, 1.807) is 11.3 Å². The Morgan fingerprint density at radius 3 is 2.15 bits per heavy atom. The lowest BCUT2D eigenvalue weighted by Crippen LogP contribution is -2.17. The molecule has 0 aliphatic carbocycles. The van der Waals surface area contributed by atoms with Crippen molar-refractivity contribution in [2.45, 2.75) is 39.3 Å². The Balaban J connectivity index is 1.95. The molecule has 0 aliphatic rings. The van der Waals surface area contributed by atoms with Crippen LogP contribution in [0.3, 0.4) is 0 Å². The summed E-state index contributed by atoms with van der Waals surface area (Å²) in [4.78, 5) is 1.33. The zero-order chi connectivity index (χ0) is 14.7. The summed E-state index contributed by atoms with van der Waals surface area (Å²) >= 11 is 8.82. The molecule has 1 atom stereocenters. The SMILES string of the molecule is CC(C)c1ccc(C(C)NCc2cc(Br)c(Br)s2)cc1. The highest BCUT2D eigenvalue weighted by Crippen LogP contribution is 2.32. The molecule has 0 saturated heterocycles. The fraction of sp³-hybridized carbons (Fsp3) is 0.375. The van der Waals surface area contributed by atoms with Crippen molar-refractivity contribution < 1.29 is 0 Å². The van der Waals surface area contributed by atoms with E-state index < -0.39 is 0 Å². The Morgan fingerprint density at radius 2 is 1.65 bits per heavy atom. The summed E-state index contributed by atoms with van der Waals surface area (Å²) in [5.41, 5.74) is 2.73. The van der Waals surface area contributed by atoms with Gasteiger partial charge in [-0.2, -0.15) is 0 Å². The molecule has 2 rings (SSSR count). The zero-order valence-corrected chi connectivity index (χ0v) is 15.9. The Hall–Kier alpha value is -0.160. The highest BCUT2D eigenvalue weighted by atomic mass is 79.9. The minimum Gasteiger partial charge on any atom is -0.305 e. The number of rotatable bonds is 5. The number of thiophene rings is 1. The second-order valence-electron chi connectivity index (χ2n) is 5.26. The third-order valence-corrected chi connectivity index (χ3v) is 6.64. The number of halogens is 2. The van der Waals surface area contributed by atoms with Gasteiger partial charge < -0.3 is 5.32 Å². The molecule has 2 aromatic rings. The van der Waals surface area contributed by atoms with Crippen molar-refractivity contribution in [1.29, 1.82) is 0 Å². The first-order chi connectivity index (χ1) is 9.47. The average molecular weight is 417 g/mol. The van der Waals surface area contributed by atoms with Crippen molar-refractivity contribution in [1.82, 2.24) is 5.32 Å². The van der Waals surface area contributed by atoms with Crippen molar-refractivity contribution >= 4 is 43.2 Å². The highest BCUT2D eigenvalue weighted by molar-refractivity contribution is 9.13. The second kappa shape index (κ2) is 7.21. The summed E-state index contributed by atoms with van der Waals surface area (Å²) in [7, 11) is 0. The summed E-state index contributed by atoms with van der Waals surface area (Å²) in [5, 5.41) is 3.57. The maximum absolute atomic E-state index is 3.57. The normalized spacial score (nSPS) is 12.9. The Kier molecular flexibility index (Phi) is 5.84. The molecule has 20 heavy (non-hydrogen) atoms. The van der Waals surface area contributed by atoms with Crippen LogP contribution in [0, 0.1) is 0 Å². The summed E-state index contributed by atoms with van der Waals surface area (Å²) in [5.74, 6) is 0.591. The topological polar surface area (TPSA) is 12.0 Å². The van der Waals surface area contributed by atoms with Crippen LogP contribution in [0.15, 0.2) is 38.6 Å². The lowest BCUT2D eigenvalue weighted by molar-refractivity contribution is 0.578. The maximum Gasteiger partial charge on any atom is 0.0843 e. The first kappa shape index (κ1) is 16.2. The van der Waals surface area contributed by atoms with Crippen LogP contribution in [-0.2, 0) is 6.54 Å². The van der Waals surface area contributed by atoms with E-state index in [2.05, 4.69) is 88.3 Å². The van der Waals surface area contributed by atoms with Crippen molar-refractivity contribution in [3.63, 3.8) is 0 Å². The Labute approximate surface area is 142 Å². The molecule has 108 valence electrons. The Morgan fingerprint density at radius 1 is 1.05 bits per heavy atom. The quantitative estimate of drug-likeness (QED) is 0.607. The molecule has 0 saturated carbocycles. The highest BCUT2D eigenvalue weighted by Gasteiger charge is 2.08. The number of nitrogens with one attached hydrogen (secondary N) is 1. The number of hydrogen-bond donors (Lipinski definition) is 1. The van der Waals surface area contributed by atoms with Gasteiger partial charge in [0.1, 0.15) is 0 Å². The summed E-state index contributed by atoms with van der Waals surface area (Å²) in [6.07, 6.45) is 0. The van der Waals surface area contributed by atoms with Crippen LogP contribution in [0.5, 0.6) is 0 Å². The smallest absolute Gasteiger partial charge is 0.0843 e. The van der Waals surface area contributed by atoms with E-state index in [0.717, 1.165) is 14.8 Å². The van der Waals surface area contributed by atoms with Crippen molar-refractivity contribution in [2.75, 3.05) is 0 Å². The average Bonchev–Trinajstić information content (AvgIpc) is 2.75. The molecule has 0 aliphatic heterocycles. The van der Waals surface area contributed by atoms with Gasteiger partial charge in [0, 0.05) is 21.9 Å². The molecular formula is C16H19Br2NS. The maximum atomic E-state index is 3.57. The second-order valence-corrected chi connectivity index (χ2v) is 8.57. The van der Waals surface area contributed by atoms with E-state index >= 15 is 0 Å². The summed E-state index contributed by atoms with van der Waals surface area (Å²) in [6.45, 7) is 7.55. The van der Waals surface area contributed by atoms with Crippen molar-refractivity contribution in [3.05, 3.63) is 54.6 Å². The van der Waals surface area contributed by atoms with Crippen LogP contribution in [0.1, 0.15) is 48.7 Å². The van der Waals surface area contributed by atoms with Crippen LogP contribution < -0.4 is 5.32 Å². The van der Waals surface area contributed by atoms with E-state index in [1.807, 2.05) is 0 Å². The lowest BCUT2D eigenvalue weighted by Gasteiger charge is -2.15. The van der Waals surface area contributed by atoms with Gasteiger partial charge >= 0.3 is 0 Å². The van der Waals surface area contributed by atoms with Gasteiger partial charge in [0.2, 0.25) is 0 Å². The molecule has 1 unspecified atom stereocenters. The molecule has 1 aromatic heterocycles. The van der Waals surface area contributed by atoms with Gasteiger partial charge in [-0.1, -0.05) is 38.1 Å². The number of benzene rings is 1. The predicted molar refractivity (Wildman–Crippen MR) is 95.5 cm³/mol. The molecule has 0 bridgehead atoms. The molecule has 1 nitrogen and oxygen atoms in total. The van der Waals surface area contributed by atoms with Gasteiger partial charge in [-0.3, -0.25) is 0 Å². The third kappa shape index (κ3) is 4.17. The van der Waals surface area contributed by atoms with Crippen LogP contribution in [0.4, 0.5) is 0 Å². The van der Waals surface area contributed by atoms with Gasteiger partial charge in [0.15, 0.2) is 0 Å². The van der Waals surface area contributed by atoms with Gasteiger partial charge in [-0.05, 0) is 61.9 Å². The first-order valence-corrected chi connectivity index (χ1v) is 9.14. The predicted octanol–water partition coefficient (Wildman–Crippen LogP) is 6.25. The third-order valence-electron chi connectivity index (χ3n) is 3.38. The van der Waals surface area contributed by atoms with Crippen LogP contribution in [-0.4, -0.2) is 0 Å². The molecule has 1 N–H and O–H groups in total. The fourth-order valence-electron chi connectivity index (χ4n) is 2.02. The summed E-state index contributed by atoms with van der Waals surface area (Å²) in [6, 6.07) is 11.4. The molecule has 1 heterocycles. The first-order valence-electron chi connectivity index (χ1n) is 6.74. The molecule has 1 aromatic carbocycles. The molecule has 0 amide bonds. The molecular weight excluding hydrogens is 398 g/mol. The number of hydrogen-bond acceptors (Lipinski definition) is 2. The van der Waals surface area contributed by atoms with Crippen molar-refractivity contribution in [3.8, 4) is 0 Å². The van der Waals surface area contributed by atoms with E-state index in [1.165, 1.54) is 16.0 Å². The molecule has 0 spiro atoms. The molecule has 4 heteroatoms. The van der Waals surface area contributed by atoms with E-state index in [9.17, 15) is 0 Å². The molecule has 0 radical (unpaired) electrons. The summed E-state index contributed by atoms with van der Waals surface area (Å²) < 4.78 is 2.29. The van der Waals surface area contributed by atoms with Crippen LogP contribution in [0.25, 0.3) is 0 Å².